The van der Waals surface area contributed by atoms with Crippen LogP contribution in [-0.2, 0) is 0 Å². The van der Waals surface area contributed by atoms with Gasteiger partial charge in [-0.2, -0.15) is 4.98 Å². The molecule has 4 nitrogen and oxygen atoms in total. The van der Waals surface area contributed by atoms with Crippen LogP contribution in [0.1, 0.15) is 10.7 Å². The number of aldehydes is 1. The maximum absolute atomic E-state index is 10.1. The van der Waals surface area contributed by atoms with Crippen LogP contribution in [0.5, 0.6) is 0 Å². The van der Waals surface area contributed by atoms with Crippen LogP contribution in [0.15, 0.2) is 21.2 Å². The predicted octanol–water partition coefficient (Wildman–Crippen LogP) is 1.23. The van der Waals surface area contributed by atoms with Gasteiger partial charge in [0.1, 0.15) is 0 Å². The van der Waals surface area contributed by atoms with Crippen LogP contribution < -0.4 is 0 Å². The molecule has 0 aliphatic heterocycles. The third-order valence-electron chi connectivity index (χ3n) is 1.14. The average molecular weight is 137 g/mol. The predicted molar refractivity (Wildman–Crippen MR) is 31.7 cm³/mol. The fraction of sp³-hybridized carbons (Fsp3) is 0. The minimum atomic E-state index is 0.0503. The molecule has 10 heavy (non-hydrogen) atoms. The lowest BCUT2D eigenvalue weighted by Crippen LogP contribution is -1.73. The fourth-order valence-corrected chi connectivity index (χ4v) is 0.735. The topological polar surface area (TPSA) is 56.2 Å². The highest BCUT2D eigenvalue weighted by molar-refractivity contribution is 5.75. The number of furan rings is 1. The molecular formula is C6H3NO3. The van der Waals surface area contributed by atoms with Crippen LogP contribution in [0.2, 0.25) is 0 Å². The summed E-state index contributed by atoms with van der Waals surface area (Å²) in [6, 6.07) is 1.61. The third kappa shape index (κ3) is 0.556. The van der Waals surface area contributed by atoms with Gasteiger partial charge in [0.15, 0.2) is 5.58 Å². The van der Waals surface area contributed by atoms with Gasteiger partial charge in [-0.1, -0.05) is 0 Å². The summed E-state index contributed by atoms with van der Waals surface area (Å²) >= 11 is 0. The molecule has 0 saturated carbocycles. The van der Waals surface area contributed by atoms with E-state index in [1.807, 2.05) is 0 Å². The van der Waals surface area contributed by atoms with E-state index in [0.717, 1.165) is 0 Å². The Morgan fingerprint density at radius 1 is 1.60 bits per heavy atom. The van der Waals surface area contributed by atoms with Crippen molar-refractivity contribution in [3.05, 3.63) is 18.2 Å². The summed E-state index contributed by atoms with van der Waals surface area (Å²) in [6.07, 6.45) is 1.99. The van der Waals surface area contributed by atoms with Crippen LogP contribution in [0, 0.1) is 0 Å². The molecule has 0 aromatic carbocycles. The molecular weight excluding hydrogens is 134 g/mol. The Morgan fingerprint density at radius 3 is 3.20 bits per heavy atom. The summed E-state index contributed by atoms with van der Waals surface area (Å²) in [5.41, 5.74) is 0.865. The standard InChI is InChI=1S/C6H3NO3/c8-3-5-7-6-4(10-5)1-2-9-6/h1-3H. The molecule has 0 saturated heterocycles. The molecule has 0 aliphatic carbocycles. The lowest BCUT2D eigenvalue weighted by Gasteiger charge is -1.70. The number of fused-ring (bicyclic) bond motifs is 1. The maximum Gasteiger partial charge on any atom is 0.266 e. The quantitative estimate of drug-likeness (QED) is 0.554. The van der Waals surface area contributed by atoms with E-state index in [2.05, 4.69) is 4.98 Å². The lowest BCUT2D eigenvalue weighted by atomic mass is 10.6. The van der Waals surface area contributed by atoms with E-state index >= 15 is 0 Å². The summed E-state index contributed by atoms with van der Waals surface area (Å²) in [7, 11) is 0. The molecule has 0 unspecified atom stereocenters. The van der Waals surface area contributed by atoms with Crippen LogP contribution in [-0.4, -0.2) is 11.3 Å². The fourth-order valence-electron chi connectivity index (χ4n) is 0.735. The second kappa shape index (κ2) is 1.70. The summed E-state index contributed by atoms with van der Waals surface area (Å²) in [5.74, 6) is 0.0503. The summed E-state index contributed by atoms with van der Waals surface area (Å²) < 4.78 is 9.72. The molecule has 0 atom stereocenters. The molecule has 2 aromatic heterocycles. The number of hydrogen-bond acceptors (Lipinski definition) is 4. The van der Waals surface area contributed by atoms with Crippen molar-refractivity contribution in [1.82, 2.24) is 4.98 Å². The molecule has 0 fully saturated rings. The Bertz CT molecular complexity index is 331. The lowest BCUT2D eigenvalue weighted by molar-refractivity contribution is 0.109. The number of nitrogens with zero attached hydrogens (tertiary/aromatic N) is 1. The first-order valence-electron chi connectivity index (χ1n) is 2.69. The van der Waals surface area contributed by atoms with Crippen molar-refractivity contribution in [1.29, 1.82) is 0 Å². The van der Waals surface area contributed by atoms with Crippen molar-refractivity contribution >= 4 is 17.6 Å². The molecule has 0 aliphatic rings. The van der Waals surface area contributed by atoms with E-state index < -0.39 is 0 Å². The van der Waals surface area contributed by atoms with Crippen molar-refractivity contribution in [2.45, 2.75) is 0 Å². The van der Waals surface area contributed by atoms with Crippen molar-refractivity contribution in [2.24, 2.45) is 0 Å². The Kier molecular flexibility index (Phi) is 0.887. The Morgan fingerprint density at radius 2 is 2.50 bits per heavy atom. The Hall–Kier alpha value is -1.58. The Balaban J connectivity index is 2.78. The largest absolute Gasteiger partial charge is 0.444 e. The van der Waals surface area contributed by atoms with Gasteiger partial charge < -0.3 is 8.83 Å². The molecule has 0 spiro atoms. The zero-order valence-electron chi connectivity index (χ0n) is 4.90. The van der Waals surface area contributed by atoms with Gasteiger partial charge in [-0.3, -0.25) is 4.79 Å². The second-order valence-electron chi connectivity index (χ2n) is 1.76. The molecule has 0 amide bonds. The van der Waals surface area contributed by atoms with Crippen molar-refractivity contribution in [3.63, 3.8) is 0 Å². The average Bonchev–Trinajstić information content (AvgIpc) is 2.42. The van der Waals surface area contributed by atoms with Gasteiger partial charge >= 0.3 is 0 Å². The van der Waals surface area contributed by atoms with Gasteiger partial charge in [0.2, 0.25) is 6.29 Å². The Labute approximate surface area is 55.4 Å². The highest BCUT2D eigenvalue weighted by Crippen LogP contribution is 2.14. The molecule has 0 radical (unpaired) electrons. The summed E-state index contributed by atoms with van der Waals surface area (Å²) in [4.78, 5) is 13.8. The SMILES string of the molecule is O=Cc1nc2occc2o1. The first kappa shape index (κ1) is 5.22. The van der Waals surface area contributed by atoms with Gasteiger partial charge in [0.25, 0.3) is 11.6 Å². The minimum Gasteiger partial charge on any atom is -0.444 e. The molecule has 4 heteroatoms. The number of carbonyl (C=O) groups excluding carboxylic acids is 1. The van der Waals surface area contributed by atoms with Crippen LogP contribution >= 0.6 is 0 Å². The van der Waals surface area contributed by atoms with Crippen LogP contribution in [0.3, 0.4) is 0 Å². The molecule has 0 N–H and O–H groups in total. The first-order chi connectivity index (χ1) is 4.90. The number of carbonyl (C=O) groups is 1. The zero-order valence-corrected chi connectivity index (χ0v) is 4.90. The van der Waals surface area contributed by atoms with Crippen molar-refractivity contribution in [2.75, 3.05) is 0 Å². The smallest absolute Gasteiger partial charge is 0.266 e. The molecule has 2 heterocycles. The summed E-state index contributed by atoms with van der Waals surface area (Å²) in [5, 5.41) is 0. The zero-order chi connectivity index (χ0) is 6.97. The van der Waals surface area contributed by atoms with E-state index in [1.165, 1.54) is 6.26 Å². The highest BCUT2D eigenvalue weighted by atomic mass is 16.4. The van der Waals surface area contributed by atoms with Crippen molar-refractivity contribution < 1.29 is 13.6 Å². The second-order valence-corrected chi connectivity index (χ2v) is 1.76. The van der Waals surface area contributed by atoms with Gasteiger partial charge in [-0.05, 0) is 0 Å². The normalized spacial score (nSPS) is 10.4. The first-order valence-corrected chi connectivity index (χ1v) is 2.69. The van der Waals surface area contributed by atoms with Crippen LogP contribution in [0.4, 0.5) is 0 Å². The van der Waals surface area contributed by atoms with Gasteiger partial charge in [0.05, 0.1) is 6.26 Å². The van der Waals surface area contributed by atoms with E-state index in [-0.39, 0.29) is 5.89 Å². The number of hydrogen-bond donors (Lipinski definition) is 0. The maximum atomic E-state index is 10.1. The molecule has 50 valence electrons. The van der Waals surface area contributed by atoms with Gasteiger partial charge in [0, 0.05) is 6.07 Å². The number of aromatic nitrogens is 1. The monoisotopic (exact) mass is 137 g/mol. The molecule has 2 rings (SSSR count). The number of rotatable bonds is 1. The van der Waals surface area contributed by atoms with E-state index in [1.54, 1.807) is 6.07 Å². The minimum absolute atomic E-state index is 0.0503. The van der Waals surface area contributed by atoms with E-state index in [4.69, 9.17) is 8.83 Å². The van der Waals surface area contributed by atoms with Crippen molar-refractivity contribution in [3.8, 4) is 0 Å². The summed E-state index contributed by atoms with van der Waals surface area (Å²) in [6.45, 7) is 0. The van der Waals surface area contributed by atoms with E-state index in [0.29, 0.717) is 17.6 Å². The molecule has 0 bridgehead atoms. The molecule has 2 aromatic rings. The number of oxazole rings is 1. The third-order valence-corrected chi connectivity index (χ3v) is 1.14. The van der Waals surface area contributed by atoms with Crippen LogP contribution in [0.25, 0.3) is 11.3 Å². The van der Waals surface area contributed by atoms with E-state index in [9.17, 15) is 4.79 Å². The van der Waals surface area contributed by atoms with Gasteiger partial charge in [-0.25, -0.2) is 0 Å². The van der Waals surface area contributed by atoms with Gasteiger partial charge in [-0.15, -0.1) is 0 Å². The highest BCUT2D eigenvalue weighted by Gasteiger charge is 2.05.